The van der Waals surface area contributed by atoms with Gasteiger partial charge in [-0.3, -0.25) is 9.88 Å². The van der Waals surface area contributed by atoms with Crippen molar-refractivity contribution in [3.63, 3.8) is 0 Å². The molecule has 0 spiro atoms. The molecule has 0 aliphatic carbocycles. The number of imidazole rings is 1. The summed E-state index contributed by atoms with van der Waals surface area (Å²) in [6.07, 6.45) is 3.91. The molecule has 0 unspecified atom stereocenters. The van der Waals surface area contributed by atoms with Gasteiger partial charge in [-0.05, 0) is 26.1 Å². The lowest BCUT2D eigenvalue weighted by molar-refractivity contribution is 0.0963. The molecule has 7 nitrogen and oxygen atoms in total. The van der Waals surface area contributed by atoms with E-state index in [9.17, 15) is 0 Å². The second-order valence-corrected chi connectivity index (χ2v) is 8.85. The van der Waals surface area contributed by atoms with Crippen LogP contribution in [0.5, 0.6) is 0 Å². The zero-order valence-electron chi connectivity index (χ0n) is 18.1. The third-order valence-electron chi connectivity index (χ3n) is 6.75. The Kier molecular flexibility index (Phi) is 4.40. The predicted octanol–water partition coefficient (Wildman–Crippen LogP) is 2.69. The molecule has 6 rings (SSSR count). The molecule has 0 amide bonds. The van der Waals surface area contributed by atoms with Crippen molar-refractivity contribution in [3.05, 3.63) is 54.5 Å². The summed E-state index contributed by atoms with van der Waals surface area (Å²) in [5.41, 5.74) is 6.16. The van der Waals surface area contributed by atoms with E-state index >= 15 is 0 Å². The van der Waals surface area contributed by atoms with E-state index in [-0.39, 0.29) is 0 Å². The van der Waals surface area contributed by atoms with Gasteiger partial charge in [0.1, 0.15) is 0 Å². The smallest absolute Gasteiger partial charge is 0.156 e. The molecule has 0 atom stereocenters. The van der Waals surface area contributed by atoms with Gasteiger partial charge in [0.25, 0.3) is 0 Å². The van der Waals surface area contributed by atoms with E-state index in [0.717, 1.165) is 52.3 Å². The number of pyridine rings is 1. The zero-order valence-corrected chi connectivity index (χ0v) is 18.1. The maximum absolute atomic E-state index is 4.78. The lowest BCUT2D eigenvalue weighted by atomic mass is 10.1. The molecule has 2 saturated heterocycles. The number of aryl methyl sites for hydroxylation is 1. The van der Waals surface area contributed by atoms with Gasteiger partial charge >= 0.3 is 0 Å². The Bertz CT molecular complexity index is 1250. The monoisotopic (exact) mass is 413 g/mol. The first kappa shape index (κ1) is 18.7. The van der Waals surface area contributed by atoms with Crippen LogP contribution in [0, 0.1) is 6.92 Å². The van der Waals surface area contributed by atoms with Gasteiger partial charge in [-0.15, -0.1) is 0 Å². The van der Waals surface area contributed by atoms with E-state index in [4.69, 9.17) is 5.10 Å². The molecule has 2 fully saturated rings. The van der Waals surface area contributed by atoms with Gasteiger partial charge in [0, 0.05) is 68.0 Å². The summed E-state index contributed by atoms with van der Waals surface area (Å²) >= 11 is 0. The summed E-state index contributed by atoms with van der Waals surface area (Å²) in [5.74, 6) is 0. The highest BCUT2D eigenvalue weighted by atomic mass is 15.4. The summed E-state index contributed by atoms with van der Waals surface area (Å²) < 4.78 is 1.95. The molecule has 0 bridgehead atoms. The number of likely N-dealkylation sites (N-methyl/N-ethyl adjacent to an activating group) is 1. The van der Waals surface area contributed by atoms with Crippen LogP contribution >= 0.6 is 0 Å². The highest BCUT2D eigenvalue weighted by Crippen LogP contribution is 2.30. The highest BCUT2D eigenvalue weighted by Gasteiger charge is 2.33. The van der Waals surface area contributed by atoms with Crippen LogP contribution in [0.2, 0.25) is 0 Å². The van der Waals surface area contributed by atoms with Crippen LogP contribution in [0.1, 0.15) is 5.69 Å². The summed E-state index contributed by atoms with van der Waals surface area (Å²) in [6, 6.07) is 13.2. The number of fused-ring (bicyclic) bond motifs is 2. The fourth-order valence-electron chi connectivity index (χ4n) is 4.83. The van der Waals surface area contributed by atoms with E-state index in [1.165, 1.54) is 26.2 Å². The minimum Gasteiger partial charge on any atom is -0.367 e. The molecule has 7 heteroatoms. The lowest BCUT2D eigenvalue weighted by Crippen LogP contribution is -2.63. The zero-order chi connectivity index (χ0) is 20.9. The number of hydrogen-bond donors (Lipinski definition) is 0. The first-order valence-electron chi connectivity index (χ1n) is 11.0. The molecular weight excluding hydrogens is 386 g/mol. The van der Waals surface area contributed by atoms with Crippen LogP contribution in [-0.4, -0.2) is 81.7 Å². The Hall–Kier alpha value is -3.03. The predicted molar refractivity (Wildman–Crippen MR) is 124 cm³/mol. The van der Waals surface area contributed by atoms with Crippen LogP contribution in [0.25, 0.3) is 27.8 Å². The van der Waals surface area contributed by atoms with Gasteiger partial charge in [0.2, 0.25) is 0 Å². The van der Waals surface area contributed by atoms with Crippen LogP contribution in [-0.2, 0) is 0 Å². The van der Waals surface area contributed by atoms with E-state index < -0.39 is 0 Å². The van der Waals surface area contributed by atoms with Gasteiger partial charge in [0.15, 0.2) is 5.65 Å². The van der Waals surface area contributed by atoms with Crippen LogP contribution < -0.4 is 4.90 Å². The van der Waals surface area contributed by atoms with E-state index in [1.54, 1.807) is 0 Å². The molecule has 1 aromatic carbocycles. The third-order valence-corrected chi connectivity index (χ3v) is 6.75. The van der Waals surface area contributed by atoms with Crippen molar-refractivity contribution in [1.82, 2.24) is 29.4 Å². The SMILES string of the molecule is Cc1cc(-c2cnc3cc(N4CC(N5CCN(C)CC5)C4)cnn23)c2ccccc2n1. The minimum absolute atomic E-state index is 0.659. The molecule has 2 aliphatic heterocycles. The molecule has 0 radical (unpaired) electrons. The van der Waals surface area contributed by atoms with Gasteiger partial charge in [-0.25, -0.2) is 9.50 Å². The van der Waals surface area contributed by atoms with Crippen molar-refractivity contribution >= 4 is 22.2 Å². The second-order valence-electron chi connectivity index (χ2n) is 8.85. The van der Waals surface area contributed by atoms with E-state index in [1.807, 2.05) is 29.9 Å². The number of hydrogen-bond acceptors (Lipinski definition) is 6. The number of anilines is 1. The summed E-state index contributed by atoms with van der Waals surface area (Å²) in [7, 11) is 2.21. The fraction of sp³-hybridized carbons (Fsp3) is 0.375. The second kappa shape index (κ2) is 7.28. The maximum atomic E-state index is 4.78. The summed E-state index contributed by atoms with van der Waals surface area (Å²) in [5, 5.41) is 5.90. The number of aromatic nitrogens is 4. The Labute approximate surface area is 181 Å². The summed E-state index contributed by atoms with van der Waals surface area (Å²) in [4.78, 5) is 16.8. The van der Waals surface area contributed by atoms with Crippen LogP contribution in [0.4, 0.5) is 5.69 Å². The molecule has 31 heavy (non-hydrogen) atoms. The molecule has 0 N–H and O–H groups in total. The average molecular weight is 414 g/mol. The van der Waals surface area contributed by atoms with Crippen molar-refractivity contribution < 1.29 is 0 Å². The quantitative estimate of drug-likeness (QED) is 0.515. The molecule has 158 valence electrons. The normalized spacial score (nSPS) is 18.7. The fourth-order valence-corrected chi connectivity index (χ4v) is 4.83. The molecule has 4 aromatic rings. The molecular formula is C24H27N7. The van der Waals surface area contributed by atoms with Crippen molar-refractivity contribution in [1.29, 1.82) is 0 Å². The van der Waals surface area contributed by atoms with E-state index in [0.29, 0.717) is 6.04 Å². The lowest BCUT2D eigenvalue weighted by Gasteiger charge is -2.48. The third kappa shape index (κ3) is 3.25. The van der Waals surface area contributed by atoms with Gasteiger partial charge in [0.05, 0.1) is 29.3 Å². The van der Waals surface area contributed by atoms with Gasteiger partial charge in [-0.2, -0.15) is 5.10 Å². The van der Waals surface area contributed by atoms with Crippen molar-refractivity contribution in [3.8, 4) is 11.3 Å². The van der Waals surface area contributed by atoms with E-state index in [2.05, 4.69) is 62.0 Å². The van der Waals surface area contributed by atoms with Crippen molar-refractivity contribution in [2.24, 2.45) is 0 Å². The van der Waals surface area contributed by atoms with Gasteiger partial charge in [-0.1, -0.05) is 18.2 Å². The maximum Gasteiger partial charge on any atom is 0.156 e. The highest BCUT2D eigenvalue weighted by molar-refractivity contribution is 5.94. The number of benzene rings is 1. The van der Waals surface area contributed by atoms with Crippen LogP contribution in [0.15, 0.2) is 48.8 Å². The van der Waals surface area contributed by atoms with Crippen LogP contribution in [0.3, 0.4) is 0 Å². The topological polar surface area (TPSA) is 52.8 Å². The average Bonchev–Trinajstić information content (AvgIpc) is 3.16. The Balaban J connectivity index is 1.27. The summed E-state index contributed by atoms with van der Waals surface area (Å²) in [6.45, 7) is 8.87. The molecule has 5 heterocycles. The first-order valence-corrected chi connectivity index (χ1v) is 11.0. The number of para-hydroxylation sites is 1. The molecule has 2 aliphatic rings. The van der Waals surface area contributed by atoms with Crippen molar-refractivity contribution in [2.75, 3.05) is 51.2 Å². The number of nitrogens with zero attached hydrogens (tertiary/aromatic N) is 7. The Morgan fingerprint density at radius 2 is 1.77 bits per heavy atom. The molecule has 0 saturated carbocycles. The Morgan fingerprint density at radius 3 is 2.61 bits per heavy atom. The van der Waals surface area contributed by atoms with Crippen molar-refractivity contribution in [2.45, 2.75) is 13.0 Å². The Morgan fingerprint density at radius 1 is 0.968 bits per heavy atom. The minimum atomic E-state index is 0.659. The largest absolute Gasteiger partial charge is 0.367 e. The standard InChI is InChI=1S/C24H27N7/c1-17-11-21(20-5-3-4-6-22(20)27-17)23-14-25-24-12-18(13-26-31(23)24)30-15-19(16-30)29-9-7-28(2)8-10-29/h3-6,11-14,19H,7-10,15-16H2,1-2H3. The number of rotatable bonds is 3. The number of piperazine rings is 1. The molecule has 3 aromatic heterocycles. The van der Waals surface area contributed by atoms with Gasteiger partial charge < -0.3 is 9.80 Å². The first-order chi connectivity index (χ1) is 15.2.